The van der Waals surface area contributed by atoms with Crippen molar-refractivity contribution in [2.75, 3.05) is 31.6 Å². The van der Waals surface area contributed by atoms with Crippen LogP contribution in [-0.2, 0) is 6.54 Å². The van der Waals surface area contributed by atoms with E-state index in [9.17, 15) is 4.39 Å². The SMILES string of the molecule is CN=C(NCCCn1ccc2ccccc21)NC1CCN(c2ncccc2F)C1.I. The number of hydrogen-bond donors (Lipinski definition) is 2. The summed E-state index contributed by atoms with van der Waals surface area (Å²) in [4.78, 5) is 10.5. The third-order valence-electron chi connectivity index (χ3n) is 5.34. The summed E-state index contributed by atoms with van der Waals surface area (Å²) < 4.78 is 16.2. The van der Waals surface area contributed by atoms with Crippen molar-refractivity contribution in [3.63, 3.8) is 0 Å². The molecule has 0 radical (unpaired) electrons. The molecule has 1 aliphatic heterocycles. The number of hydrogen-bond acceptors (Lipinski definition) is 3. The monoisotopic (exact) mass is 522 g/mol. The smallest absolute Gasteiger partial charge is 0.191 e. The summed E-state index contributed by atoms with van der Waals surface area (Å²) >= 11 is 0. The minimum atomic E-state index is -0.270. The van der Waals surface area contributed by atoms with Crippen LogP contribution in [-0.4, -0.2) is 48.2 Å². The molecule has 1 saturated heterocycles. The van der Waals surface area contributed by atoms with Crippen molar-refractivity contribution in [3.05, 3.63) is 60.7 Å². The van der Waals surface area contributed by atoms with Crippen LogP contribution in [0.15, 0.2) is 59.9 Å². The summed E-state index contributed by atoms with van der Waals surface area (Å²) in [6.45, 7) is 3.28. The molecular formula is C22H28FIN6. The molecule has 0 saturated carbocycles. The zero-order chi connectivity index (χ0) is 20.1. The molecular weight excluding hydrogens is 494 g/mol. The summed E-state index contributed by atoms with van der Waals surface area (Å²) in [5.41, 5.74) is 1.27. The number of nitrogens with zero attached hydrogens (tertiary/aromatic N) is 4. The number of para-hydroxylation sites is 1. The van der Waals surface area contributed by atoms with Crippen LogP contribution in [0.5, 0.6) is 0 Å². The fourth-order valence-electron chi connectivity index (χ4n) is 3.86. The highest BCUT2D eigenvalue weighted by Crippen LogP contribution is 2.20. The van der Waals surface area contributed by atoms with E-state index in [2.05, 4.69) is 61.7 Å². The summed E-state index contributed by atoms with van der Waals surface area (Å²) in [5, 5.41) is 8.11. The first kappa shape index (κ1) is 22.3. The standard InChI is InChI=1S/C22H27FN6.HI/c1-24-22(26-12-5-13-28-14-9-17-6-2-3-8-20(17)28)27-18-10-15-29(16-18)21-19(23)7-4-11-25-21;/h2-4,6-9,11,14,18H,5,10,12-13,15-16H2,1H3,(H2,24,26,27);1H. The molecule has 2 N–H and O–H groups in total. The second-order valence-electron chi connectivity index (χ2n) is 7.31. The molecule has 1 aliphatic rings. The summed E-state index contributed by atoms with van der Waals surface area (Å²) in [5.74, 6) is 0.947. The quantitative estimate of drug-likeness (QED) is 0.225. The topological polar surface area (TPSA) is 57.5 Å². The second-order valence-corrected chi connectivity index (χ2v) is 7.31. The van der Waals surface area contributed by atoms with Gasteiger partial charge in [0.15, 0.2) is 17.6 Å². The highest BCUT2D eigenvalue weighted by molar-refractivity contribution is 14.0. The summed E-state index contributed by atoms with van der Waals surface area (Å²) in [6.07, 6.45) is 5.69. The number of pyridine rings is 1. The van der Waals surface area contributed by atoms with Gasteiger partial charge in [-0.15, -0.1) is 24.0 Å². The van der Waals surface area contributed by atoms with Crippen LogP contribution in [0.25, 0.3) is 10.9 Å². The zero-order valence-electron chi connectivity index (χ0n) is 17.1. The van der Waals surface area contributed by atoms with Crippen molar-refractivity contribution in [1.29, 1.82) is 0 Å². The van der Waals surface area contributed by atoms with Gasteiger partial charge in [-0.25, -0.2) is 9.37 Å². The van der Waals surface area contributed by atoms with Gasteiger partial charge in [-0.3, -0.25) is 4.99 Å². The van der Waals surface area contributed by atoms with E-state index in [1.165, 1.54) is 17.0 Å². The predicted octanol–water partition coefficient (Wildman–Crippen LogP) is 3.63. The molecule has 30 heavy (non-hydrogen) atoms. The lowest BCUT2D eigenvalue weighted by Crippen LogP contribution is -2.45. The van der Waals surface area contributed by atoms with Gasteiger partial charge >= 0.3 is 0 Å². The Bertz CT molecular complexity index is 988. The molecule has 1 fully saturated rings. The largest absolute Gasteiger partial charge is 0.356 e. The summed E-state index contributed by atoms with van der Waals surface area (Å²) in [6, 6.07) is 13.9. The number of aryl methyl sites for hydroxylation is 1. The Morgan fingerprint density at radius 3 is 2.93 bits per heavy atom. The zero-order valence-corrected chi connectivity index (χ0v) is 19.4. The van der Waals surface area contributed by atoms with Crippen molar-refractivity contribution in [1.82, 2.24) is 20.2 Å². The van der Waals surface area contributed by atoms with Gasteiger partial charge in [0.1, 0.15) is 0 Å². The highest BCUT2D eigenvalue weighted by Gasteiger charge is 2.25. The maximum absolute atomic E-state index is 14.0. The number of aromatic nitrogens is 2. The normalized spacial score (nSPS) is 16.5. The lowest BCUT2D eigenvalue weighted by Gasteiger charge is -2.20. The van der Waals surface area contributed by atoms with E-state index in [-0.39, 0.29) is 35.8 Å². The number of rotatable bonds is 6. The first-order chi connectivity index (χ1) is 14.2. The van der Waals surface area contributed by atoms with Crippen molar-refractivity contribution in [3.8, 4) is 0 Å². The van der Waals surface area contributed by atoms with Crippen LogP contribution in [0.1, 0.15) is 12.8 Å². The number of halogens is 2. The number of fused-ring (bicyclic) bond motifs is 1. The molecule has 0 bridgehead atoms. The third kappa shape index (κ3) is 5.21. The highest BCUT2D eigenvalue weighted by atomic mass is 127. The lowest BCUT2D eigenvalue weighted by molar-refractivity contribution is 0.608. The first-order valence-corrected chi connectivity index (χ1v) is 10.1. The van der Waals surface area contributed by atoms with E-state index in [4.69, 9.17) is 0 Å². The Morgan fingerprint density at radius 2 is 2.10 bits per heavy atom. The van der Waals surface area contributed by atoms with Gasteiger partial charge in [-0.1, -0.05) is 18.2 Å². The molecule has 2 aromatic heterocycles. The van der Waals surface area contributed by atoms with Crippen LogP contribution in [0.3, 0.4) is 0 Å². The van der Waals surface area contributed by atoms with Crippen LogP contribution in [0.4, 0.5) is 10.2 Å². The molecule has 3 aromatic rings. The predicted molar refractivity (Wildman–Crippen MR) is 131 cm³/mol. The van der Waals surface area contributed by atoms with Crippen LogP contribution in [0, 0.1) is 5.82 Å². The van der Waals surface area contributed by atoms with Gasteiger partial charge < -0.3 is 20.1 Å². The number of benzene rings is 1. The molecule has 160 valence electrons. The van der Waals surface area contributed by atoms with Gasteiger partial charge in [0.25, 0.3) is 0 Å². The van der Waals surface area contributed by atoms with Gasteiger partial charge in [-0.05, 0) is 42.5 Å². The third-order valence-corrected chi connectivity index (χ3v) is 5.34. The van der Waals surface area contributed by atoms with Gasteiger partial charge in [-0.2, -0.15) is 0 Å². The van der Waals surface area contributed by atoms with Gasteiger partial charge in [0.05, 0.1) is 0 Å². The second kappa shape index (κ2) is 10.6. The van der Waals surface area contributed by atoms with E-state index in [1.807, 2.05) is 4.90 Å². The molecule has 6 nitrogen and oxygen atoms in total. The minimum absolute atomic E-state index is 0. The Hall–Kier alpha value is -2.36. The van der Waals surface area contributed by atoms with Crippen LogP contribution < -0.4 is 15.5 Å². The molecule has 0 amide bonds. The van der Waals surface area contributed by atoms with Crippen molar-refractivity contribution >= 4 is 46.7 Å². The maximum Gasteiger partial charge on any atom is 0.191 e. The fraction of sp³-hybridized carbons (Fsp3) is 0.364. The van der Waals surface area contributed by atoms with Crippen LogP contribution in [0.2, 0.25) is 0 Å². The average molecular weight is 522 g/mol. The molecule has 0 aliphatic carbocycles. The molecule has 1 aromatic carbocycles. The van der Waals surface area contributed by atoms with Gasteiger partial charge in [0.2, 0.25) is 0 Å². The number of nitrogens with one attached hydrogen (secondary N) is 2. The maximum atomic E-state index is 14.0. The van der Waals surface area contributed by atoms with Gasteiger partial charge in [0, 0.05) is 57.2 Å². The lowest BCUT2D eigenvalue weighted by atomic mass is 10.2. The molecule has 3 heterocycles. The Morgan fingerprint density at radius 1 is 1.23 bits per heavy atom. The van der Waals surface area contributed by atoms with E-state index in [0.29, 0.717) is 12.4 Å². The van der Waals surface area contributed by atoms with Crippen molar-refractivity contribution in [2.45, 2.75) is 25.4 Å². The van der Waals surface area contributed by atoms with Crippen LogP contribution >= 0.6 is 24.0 Å². The fourth-order valence-corrected chi connectivity index (χ4v) is 3.86. The minimum Gasteiger partial charge on any atom is -0.356 e. The number of aliphatic imine (C=N–C) groups is 1. The molecule has 0 spiro atoms. The molecule has 4 rings (SSSR count). The van der Waals surface area contributed by atoms with E-state index >= 15 is 0 Å². The number of anilines is 1. The molecule has 8 heteroatoms. The van der Waals surface area contributed by atoms with Crippen molar-refractivity contribution < 1.29 is 4.39 Å². The summed E-state index contributed by atoms with van der Waals surface area (Å²) in [7, 11) is 1.78. The Labute approximate surface area is 193 Å². The van der Waals surface area contributed by atoms with E-state index < -0.39 is 0 Å². The average Bonchev–Trinajstić information content (AvgIpc) is 3.38. The Kier molecular flexibility index (Phi) is 7.89. The first-order valence-electron chi connectivity index (χ1n) is 10.1. The van der Waals surface area contributed by atoms with E-state index in [0.717, 1.165) is 38.4 Å². The van der Waals surface area contributed by atoms with E-state index in [1.54, 1.807) is 19.3 Å². The molecule has 1 unspecified atom stereocenters. The van der Waals surface area contributed by atoms with Crippen molar-refractivity contribution in [2.24, 2.45) is 4.99 Å². The Balaban J connectivity index is 0.00000256. The molecule has 1 atom stereocenters. The number of guanidine groups is 1.